The third-order valence-electron chi connectivity index (χ3n) is 4.16. The van der Waals surface area contributed by atoms with Crippen molar-refractivity contribution < 1.29 is 14.6 Å². The highest BCUT2D eigenvalue weighted by Gasteiger charge is 2.24. The predicted molar refractivity (Wildman–Crippen MR) is 81.4 cm³/mol. The van der Waals surface area contributed by atoms with Gasteiger partial charge in [-0.1, -0.05) is 48.6 Å². The highest BCUT2D eigenvalue weighted by molar-refractivity contribution is 6.03. The second kappa shape index (κ2) is 4.38. The predicted octanol–water partition coefficient (Wildman–Crippen LogP) is 3.55. The van der Waals surface area contributed by atoms with Crippen LogP contribution in [-0.2, 0) is 0 Å². The van der Waals surface area contributed by atoms with Crippen molar-refractivity contribution in [1.29, 1.82) is 0 Å². The first-order valence-corrected chi connectivity index (χ1v) is 6.85. The summed E-state index contributed by atoms with van der Waals surface area (Å²) in [5, 5.41) is 22.5. The number of halogens is 1. The highest BCUT2D eigenvalue weighted by Crippen LogP contribution is 2.36. The smallest absolute Gasteiger partial charge is 0.138 e. The third-order valence-corrected chi connectivity index (χ3v) is 4.16. The molecule has 3 aromatic rings. The van der Waals surface area contributed by atoms with Gasteiger partial charge in [0.2, 0.25) is 0 Å². The van der Waals surface area contributed by atoms with Crippen LogP contribution >= 0.6 is 0 Å². The fourth-order valence-electron chi connectivity index (χ4n) is 3.05. The highest BCUT2D eigenvalue weighted by atomic mass is 19.1. The van der Waals surface area contributed by atoms with E-state index in [1.54, 1.807) is 30.4 Å². The Balaban J connectivity index is 2.15. The Labute approximate surface area is 120 Å². The molecule has 4 rings (SSSR count). The normalized spacial score (nSPS) is 20.9. The zero-order valence-corrected chi connectivity index (χ0v) is 11.1. The van der Waals surface area contributed by atoms with Crippen molar-refractivity contribution >= 4 is 27.6 Å². The number of benzene rings is 3. The standard InChI is InChI=1S/C18H13FO2/c19-17-11-4-2-1-3-10(11)9-15-12-7-8-16(20)18(21)14(12)6-5-13(15)17/h1-9,16,18,20-21H. The van der Waals surface area contributed by atoms with Crippen molar-refractivity contribution in [2.75, 3.05) is 0 Å². The van der Waals surface area contributed by atoms with Crippen LogP contribution in [0.2, 0.25) is 0 Å². The van der Waals surface area contributed by atoms with Gasteiger partial charge in [0.05, 0.1) is 0 Å². The Morgan fingerprint density at radius 1 is 0.905 bits per heavy atom. The van der Waals surface area contributed by atoms with Crippen LogP contribution in [0.15, 0.2) is 48.5 Å². The van der Waals surface area contributed by atoms with Crippen LogP contribution in [0.3, 0.4) is 0 Å². The van der Waals surface area contributed by atoms with E-state index in [0.29, 0.717) is 16.3 Å². The van der Waals surface area contributed by atoms with Crippen LogP contribution in [0.25, 0.3) is 27.6 Å². The molecule has 0 amide bonds. The molecule has 0 bridgehead atoms. The first-order chi connectivity index (χ1) is 10.2. The first-order valence-electron chi connectivity index (χ1n) is 6.85. The van der Waals surface area contributed by atoms with Crippen LogP contribution < -0.4 is 0 Å². The second-order valence-corrected chi connectivity index (χ2v) is 5.37. The Bertz CT molecular complexity index is 898. The molecule has 0 spiro atoms. The zero-order chi connectivity index (χ0) is 14.6. The van der Waals surface area contributed by atoms with Crippen LogP contribution in [0.5, 0.6) is 0 Å². The molecule has 1 aliphatic rings. The number of hydrogen-bond acceptors (Lipinski definition) is 2. The number of aliphatic hydroxyl groups excluding tert-OH is 2. The van der Waals surface area contributed by atoms with Crippen LogP contribution in [0.1, 0.15) is 17.2 Å². The van der Waals surface area contributed by atoms with Crippen molar-refractivity contribution in [3.05, 3.63) is 65.5 Å². The molecule has 2 N–H and O–H groups in total. The molecule has 0 saturated carbocycles. The van der Waals surface area contributed by atoms with E-state index in [1.807, 2.05) is 24.3 Å². The molecule has 0 fully saturated rings. The van der Waals surface area contributed by atoms with Gasteiger partial charge in [-0.2, -0.15) is 0 Å². The monoisotopic (exact) mass is 280 g/mol. The maximum atomic E-state index is 14.7. The fraction of sp³-hybridized carbons (Fsp3) is 0.111. The summed E-state index contributed by atoms with van der Waals surface area (Å²) in [7, 11) is 0. The Kier molecular flexibility index (Phi) is 2.61. The largest absolute Gasteiger partial charge is 0.386 e. The lowest BCUT2D eigenvalue weighted by Crippen LogP contribution is -2.19. The SMILES string of the molecule is OC1C=Cc2c(ccc3c(F)c4ccccc4cc23)C1O. The summed E-state index contributed by atoms with van der Waals surface area (Å²) in [5.74, 6) is -0.250. The van der Waals surface area contributed by atoms with E-state index >= 15 is 0 Å². The summed E-state index contributed by atoms with van der Waals surface area (Å²) < 4.78 is 14.7. The molecular weight excluding hydrogens is 267 g/mol. The van der Waals surface area contributed by atoms with Crippen LogP contribution in [0, 0.1) is 5.82 Å². The van der Waals surface area contributed by atoms with Gasteiger partial charge >= 0.3 is 0 Å². The zero-order valence-electron chi connectivity index (χ0n) is 11.1. The molecular formula is C18H13FO2. The van der Waals surface area contributed by atoms with Crippen LogP contribution in [0.4, 0.5) is 4.39 Å². The molecule has 104 valence electrons. The molecule has 3 aromatic carbocycles. The van der Waals surface area contributed by atoms with Gasteiger partial charge in [0.1, 0.15) is 18.0 Å². The molecule has 2 atom stereocenters. The average Bonchev–Trinajstić information content (AvgIpc) is 2.51. The summed E-state index contributed by atoms with van der Waals surface area (Å²) in [6, 6.07) is 12.6. The first kappa shape index (κ1) is 12.5. The van der Waals surface area contributed by atoms with Crippen molar-refractivity contribution in [3.8, 4) is 0 Å². The third kappa shape index (κ3) is 1.71. The molecule has 0 aromatic heterocycles. The summed E-state index contributed by atoms with van der Waals surface area (Å²) >= 11 is 0. The minimum atomic E-state index is -0.969. The van der Waals surface area contributed by atoms with Crippen molar-refractivity contribution in [2.24, 2.45) is 0 Å². The van der Waals surface area contributed by atoms with E-state index in [4.69, 9.17) is 0 Å². The number of hydrogen-bond donors (Lipinski definition) is 2. The molecule has 21 heavy (non-hydrogen) atoms. The van der Waals surface area contributed by atoms with Gasteiger partial charge in [-0.05, 0) is 28.0 Å². The Morgan fingerprint density at radius 3 is 2.57 bits per heavy atom. The summed E-state index contributed by atoms with van der Waals surface area (Å²) in [5.41, 5.74) is 1.40. The van der Waals surface area contributed by atoms with E-state index in [0.717, 1.165) is 16.3 Å². The Morgan fingerprint density at radius 2 is 1.71 bits per heavy atom. The minimum Gasteiger partial charge on any atom is -0.386 e. The molecule has 2 nitrogen and oxygen atoms in total. The van der Waals surface area contributed by atoms with E-state index in [1.165, 1.54) is 0 Å². The van der Waals surface area contributed by atoms with Gasteiger partial charge in [-0.15, -0.1) is 0 Å². The lowest BCUT2D eigenvalue weighted by molar-refractivity contribution is 0.0471. The Hall–Kier alpha value is -2.23. The van der Waals surface area contributed by atoms with Gasteiger partial charge in [-0.3, -0.25) is 0 Å². The molecule has 2 unspecified atom stereocenters. The molecule has 0 aliphatic heterocycles. The quantitative estimate of drug-likeness (QED) is 0.618. The van der Waals surface area contributed by atoms with Crippen molar-refractivity contribution in [2.45, 2.75) is 12.2 Å². The minimum absolute atomic E-state index is 0.250. The summed E-state index contributed by atoms with van der Waals surface area (Å²) in [4.78, 5) is 0. The lowest BCUT2D eigenvalue weighted by Gasteiger charge is -2.23. The number of fused-ring (bicyclic) bond motifs is 4. The van der Waals surface area contributed by atoms with Gasteiger partial charge in [0, 0.05) is 10.8 Å². The average molecular weight is 280 g/mol. The maximum absolute atomic E-state index is 14.7. The maximum Gasteiger partial charge on any atom is 0.138 e. The van der Waals surface area contributed by atoms with E-state index in [-0.39, 0.29) is 5.82 Å². The number of rotatable bonds is 0. The van der Waals surface area contributed by atoms with Crippen molar-refractivity contribution in [3.63, 3.8) is 0 Å². The second-order valence-electron chi connectivity index (χ2n) is 5.37. The topological polar surface area (TPSA) is 40.5 Å². The lowest BCUT2D eigenvalue weighted by atomic mass is 9.88. The molecule has 0 heterocycles. The fourth-order valence-corrected chi connectivity index (χ4v) is 3.05. The van der Waals surface area contributed by atoms with Crippen LogP contribution in [-0.4, -0.2) is 16.3 Å². The van der Waals surface area contributed by atoms with E-state index in [2.05, 4.69) is 0 Å². The van der Waals surface area contributed by atoms with E-state index in [9.17, 15) is 14.6 Å². The molecule has 0 saturated heterocycles. The summed E-state index contributed by atoms with van der Waals surface area (Å²) in [6.07, 6.45) is 1.41. The van der Waals surface area contributed by atoms with Crippen molar-refractivity contribution in [1.82, 2.24) is 0 Å². The van der Waals surface area contributed by atoms with Gasteiger partial charge in [0.25, 0.3) is 0 Å². The number of aliphatic hydroxyl groups is 2. The molecule has 1 aliphatic carbocycles. The van der Waals surface area contributed by atoms with E-state index < -0.39 is 12.2 Å². The van der Waals surface area contributed by atoms with Gasteiger partial charge < -0.3 is 10.2 Å². The molecule has 0 radical (unpaired) electrons. The molecule has 3 heteroatoms. The summed E-state index contributed by atoms with van der Waals surface area (Å²) in [6.45, 7) is 0. The van der Waals surface area contributed by atoms with Gasteiger partial charge in [-0.25, -0.2) is 4.39 Å². The van der Waals surface area contributed by atoms with Gasteiger partial charge in [0.15, 0.2) is 0 Å².